The maximum atomic E-state index is 12.9. The minimum absolute atomic E-state index is 0.100. The molecule has 3 rings (SSSR count). The Labute approximate surface area is 152 Å². The zero-order valence-electron chi connectivity index (χ0n) is 14.7. The summed E-state index contributed by atoms with van der Waals surface area (Å²) in [6.07, 6.45) is 3.50. The van der Waals surface area contributed by atoms with Crippen LogP contribution in [0.15, 0.2) is 48.5 Å². The average Bonchev–Trinajstić information content (AvgIpc) is 2.66. The van der Waals surface area contributed by atoms with Crippen LogP contribution in [0.2, 0.25) is 0 Å². The van der Waals surface area contributed by atoms with E-state index in [0.29, 0.717) is 5.75 Å². The van der Waals surface area contributed by atoms with Crippen LogP contribution >= 0.6 is 0 Å². The second kappa shape index (κ2) is 8.56. The summed E-state index contributed by atoms with van der Waals surface area (Å²) in [4.78, 5) is 12.1. The van der Waals surface area contributed by atoms with E-state index in [-0.39, 0.29) is 24.0 Å². The first-order valence-electron chi connectivity index (χ1n) is 8.76. The molecule has 138 valence electrons. The lowest BCUT2D eigenvalue weighted by atomic mass is 9.93. The number of hydrogen-bond acceptors (Lipinski definition) is 3. The molecule has 0 atom stereocenters. The van der Waals surface area contributed by atoms with Crippen LogP contribution in [0.1, 0.15) is 25.7 Å². The Bertz CT molecular complexity index is 711. The molecular weight excluding hydrogens is 335 g/mol. The molecule has 1 fully saturated rings. The van der Waals surface area contributed by atoms with E-state index in [4.69, 9.17) is 9.47 Å². The van der Waals surface area contributed by atoms with Crippen molar-refractivity contribution < 1.29 is 18.7 Å². The number of methoxy groups -OCH3 is 1. The summed E-state index contributed by atoms with van der Waals surface area (Å²) < 4.78 is 23.9. The van der Waals surface area contributed by atoms with Gasteiger partial charge in [-0.15, -0.1) is 0 Å². The van der Waals surface area contributed by atoms with Crippen molar-refractivity contribution in [3.05, 3.63) is 54.3 Å². The Hall–Kier alpha value is -2.76. The molecule has 0 saturated heterocycles. The third-order valence-electron chi connectivity index (χ3n) is 4.47. The largest absolute Gasteiger partial charge is 0.497 e. The maximum Gasteiger partial charge on any atom is 0.319 e. The Morgan fingerprint density at radius 3 is 2.19 bits per heavy atom. The molecule has 26 heavy (non-hydrogen) atoms. The van der Waals surface area contributed by atoms with Gasteiger partial charge in [0.15, 0.2) is 0 Å². The van der Waals surface area contributed by atoms with Crippen molar-refractivity contribution >= 4 is 11.7 Å². The average molecular weight is 358 g/mol. The van der Waals surface area contributed by atoms with Crippen molar-refractivity contribution in [2.24, 2.45) is 0 Å². The molecule has 5 nitrogen and oxygen atoms in total. The Morgan fingerprint density at radius 1 is 0.962 bits per heavy atom. The van der Waals surface area contributed by atoms with E-state index in [1.54, 1.807) is 43.5 Å². The molecule has 1 saturated carbocycles. The Kier molecular flexibility index (Phi) is 5.94. The van der Waals surface area contributed by atoms with Crippen LogP contribution in [0.25, 0.3) is 0 Å². The van der Waals surface area contributed by atoms with E-state index >= 15 is 0 Å². The van der Waals surface area contributed by atoms with Crippen LogP contribution in [-0.2, 0) is 0 Å². The highest BCUT2D eigenvalue weighted by molar-refractivity contribution is 5.89. The van der Waals surface area contributed by atoms with Gasteiger partial charge in [-0.25, -0.2) is 9.18 Å². The summed E-state index contributed by atoms with van der Waals surface area (Å²) in [6.45, 7) is 0. The molecule has 0 aromatic heterocycles. The molecule has 2 aromatic carbocycles. The third-order valence-corrected chi connectivity index (χ3v) is 4.47. The first kappa shape index (κ1) is 18.0. The fraction of sp³-hybridized carbons (Fsp3) is 0.350. The first-order valence-corrected chi connectivity index (χ1v) is 8.76. The number of amides is 2. The molecule has 0 bridgehead atoms. The monoisotopic (exact) mass is 358 g/mol. The predicted molar refractivity (Wildman–Crippen MR) is 98.2 cm³/mol. The first-order chi connectivity index (χ1) is 12.6. The second-order valence-corrected chi connectivity index (χ2v) is 6.37. The van der Waals surface area contributed by atoms with E-state index in [1.807, 2.05) is 0 Å². The van der Waals surface area contributed by atoms with E-state index in [0.717, 1.165) is 37.1 Å². The summed E-state index contributed by atoms with van der Waals surface area (Å²) >= 11 is 0. The molecular formula is C20H23FN2O3. The normalized spacial score (nSPS) is 19.5. The van der Waals surface area contributed by atoms with Crippen molar-refractivity contribution in [3.8, 4) is 11.5 Å². The number of urea groups is 1. The van der Waals surface area contributed by atoms with E-state index < -0.39 is 0 Å². The highest BCUT2D eigenvalue weighted by Gasteiger charge is 2.23. The standard InChI is InChI=1S/C20H23FN2O3/c1-25-17-10-4-15(5-11-17)22-20(24)23-16-6-12-19(13-7-16)26-18-8-2-14(21)3-9-18/h2-5,8-11,16,19H,6-7,12-13H2,1H3,(H2,22,23,24)/t16-,19+. The summed E-state index contributed by atoms with van der Waals surface area (Å²) in [5, 5.41) is 5.83. The summed E-state index contributed by atoms with van der Waals surface area (Å²) in [5.41, 5.74) is 0.719. The van der Waals surface area contributed by atoms with Crippen LogP contribution in [0, 0.1) is 5.82 Å². The van der Waals surface area contributed by atoms with Crippen molar-refractivity contribution in [2.45, 2.75) is 37.8 Å². The molecule has 1 aliphatic carbocycles. The van der Waals surface area contributed by atoms with Crippen molar-refractivity contribution in [1.29, 1.82) is 0 Å². The number of benzene rings is 2. The predicted octanol–water partition coefficient (Wildman–Crippen LogP) is 4.35. The van der Waals surface area contributed by atoms with Crippen LogP contribution in [0.3, 0.4) is 0 Å². The Balaban J connectivity index is 1.41. The minimum Gasteiger partial charge on any atom is -0.497 e. The van der Waals surface area contributed by atoms with Crippen LogP contribution in [0.4, 0.5) is 14.9 Å². The number of nitrogens with one attached hydrogen (secondary N) is 2. The molecule has 0 spiro atoms. The van der Waals surface area contributed by atoms with Crippen molar-refractivity contribution in [1.82, 2.24) is 5.32 Å². The minimum atomic E-state index is -0.270. The molecule has 2 amide bonds. The molecule has 6 heteroatoms. The zero-order valence-corrected chi connectivity index (χ0v) is 14.7. The number of halogens is 1. The second-order valence-electron chi connectivity index (χ2n) is 6.37. The van der Waals surface area contributed by atoms with Crippen LogP contribution < -0.4 is 20.1 Å². The van der Waals surface area contributed by atoms with Crippen LogP contribution in [0.5, 0.6) is 11.5 Å². The van der Waals surface area contributed by atoms with Crippen molar-refractivity contribution in [3.63, 3.8) is 0 Å². The molecule has 2 aromatic rings. The lowest BCUT2D eigenvalue weighted by molar-refractivity contribution is 0.141. The number of ether oxygens (including phenoxy) is 2. The van der Waals surface area contributed by atoms with Gasteiger partial charge in [0.05, 0.1) is 13.2 Å². The third kappa shape index (κ3) is 5.12. The van der Waals surface area contributed by atoms with Gasteiger partial charge in [-0.3, -0.25) is 0 Å². The van der Waals surface area contributed by atoms with Crippen molar-refractivity contribution in [2.75, 3.05) is 12.4 Å². The topological polar surface area (TPSA) is 59.6 Å². The number of carbonyl (C=O) groups excluding carboxylic acids is 1. The molecule has 0 heterocycles. The van der Waals surface area contributed by atoms with Gasteiger partial charge in [0.25, 0.3) is 0 Å². The Morgan fingerprint density at radius 2 is 1.58 bits per heavy atom. The van der Waals surface area contributed by atoms with Gasteiger partial charge in [-0.05, 0) is 74.2 Å². The summed E-state index contributed by atoms with van der Waals surface area (Å²) in [6, 6.07) is 13.2. The van der Waals surface area contributed by atoms with Gasteiger partial charge in [-0.1, -0.05) is 0 Å². The van der Waals surface area contributed by atoms with E-state index in [2.05, 4.69) is 10.6 Å². The number of hydrogen-bond donors (Lipinski definition) is 2. The number of anilines is 1. The van der Waals surface area contributed by atoms with Gasteiger partial charge in [0, 0.05) is 11.7 Å². The molecule has 0 radical (unpaired) electrons. The van der Waals surface area contributed by atoms with Gasteiger partial charge < -0.3 is 20.1 Å². The summed E-state index contributed by atoms with van der Waals surface area (Å²) in [5.74, 6) is 1.16. The van der Waals surface area contributed by atoms with Gasteiger partial charge in [0.2, 0.25) is 0 Å². The molecule has 0 aliphatic heterocycles. The lowest BCUT2D eigenvalue weighted by Crippen LogP contribution is -2.41. The maximum absolute atomic E-state index is 12.9. The zero-order chi connectivity index (χ0) is 18.4. The smallest absolute Gasteiger partial charge is 0.319 e. The molecule has 1 aliphatic rings. The number of carbonyl (C=O) groups is 1. The van der Waals surface area contributed by atoms with E-state index in [9.17, 15) is 9.18 Å². The fourth-order valence-corrected chi connectivity index (χ4v) is 3.06. The molecule has 0 unspecified atom stereocenters. The van der Waals surface area contributed by atoms with Gasteiger partial charge in [-0.2, -0.15) is 0 Å². The number of rotatable bonds is 5. The molecule has 2 N–H and O–H groups in total. The van der Waals surface area contributed by atoms with Gasteiger partial charge in [0.1, 0.15) is 17.3 Å². The fourth-order valence-electron chi connectivity index (χ4n) is 3.06. The highest BCUT2D eigenvalue weighted by atomic mass is 19.1. The quantitative estimate of drug-likeness (QED) is 0.836. The van der Waals surface area contributed by atoms with Crippen LogP contribution in [-0.4, -0.2) is 25.3 Å². The van der Waals surface area contributed by atoms with Gasteiger partial charge >= 0.3 is 6.03 Å². The lowest BCUT2D eigenvalue weighted by Gasteiger charge is -2.29. The highest BCUT2D eigenvalue weighted by Crippen LogP contribution is 2.24. The SMILES string of the molecule is COc1ccc(NC(=O)N[C@H]2CC[C@@H](Oc3ccc(F)cc3)CC2)cc1. The van der Waals surface area contributed by atoms with E-state index in [1.165, 1.54) is 12.1 Å². The summed E-state index contributed by atoms with van der Waals surface area (Å²) in [7, 11) is 1.60.